The minimum Gasteiger partial charge on any atom is -0.361 e. The number of aromatic nitrogens is 1. The van der Waals surface area contributed by atoms with Crippen LogP contribution in [0.4, 0.5) is 0 Å². The average Bonchev–Trinajstić information content (AvgIpc) is 3.09. The number of aromatic amines is 1. The lowest BCUT2D eigenvalue weighted by molar-refractivity contribution is -0.134. The molecule has 2 aromatic rings. The van der Waals surface area contributed by atoms with Gasteiger partial charge in [-0.2, -0.15) is 0 Å². The summed E-state index contributed by atoms with van der Waals surface area (Å²) in [6.07, 6.45) is 5.41. The molecule has 0 spiro atoms. The summed E-state index contributed by atoms with van der Waals surface area (Å²) in [5, 5.41) is 1.34. The van der Waals surface area contributed by atoms with Gasteiger partial charge in [0.15, 0.2) is 0 Å². The largest absolute Gasteiger partial charge is 0.361 e. The van der Waals surface area contributed by atoms with E-state index in [2.05, 4.69) is 61.3 Å². The molecule has 1 aliphatic carbocycles. The van der Waals surface area contributed by atoms with Crippen molar-refractivity contribution in [3.8, 4) is 0 Å². The number of likely N-dealkylation sites (N-methyl/N-ethyl adjacent to an activating group) is 1. The summed E-state index contributed by atoms with van der Waals surface area (Å²) in [4.78, 5) is 20.6. The zero-order chi connectivity index (χ0) is 18.8. The number of hydrogen-bond donors (Lipinski definition) is 1. The molecule has 1 aromatic carbocycles. The zero-order valence-electron chi connectivity index (χ0n) is 16.7. The number of carbonyl (C=O) groups is 1. The van der Waals surface area contributed by atoms with Gasteiger partial charge in [-0.25, -0.2) is 0 Å². The van der Waals surface area contributed by atoms with Gasteiger partial charge in [-0.15, -0.1) is 0 Å². The topological polar surface area (TPSA) is 39.3 Å². The molecule has 2 aliphatic rings. The second-order valence-electron chi connectivity index (χ2n) is 6.94. The zero-order valence-corrected chi connectivity index (χ0v) is 16.7. The fourth-order valence-electron chi connectivity index (χ4n) is 4.38. The molecule has 1 N–H and O–H groups in total. The van der Waals surface area contributed by atoms with Crippen molar-refractivity contribution in [1.29, 1.82) is 0 Å². The number of fused-ring (bicyclic) bond motifs is 2. The van der Waals surface area contributed by atoms with E-state index in [1.54, 1.807) is 0 Å². The molecule has 1 amide bonds. The van der Waals surface area contributed by atoms with Crippen LogP contribution in [0.1, 0.15) is 40.2 Å². The fourth-order valence-corrected chi connectivity index (χ4v) is 4.38. The van der Waals surface area contributed by atoms with Gasteiger partial charge in [0.2, 0.25) is 5.91 Å². The molecule has 1 aromatic heterocycles. The van der Waals surface area contributed by atoms with Crippen LogP contribution < -0.4 is 0 Å². The molecule has 1 aliphatic heterocycles. The number of nitrogens with one attached hydrogen (secondary N) is 1. The lowest BCUT2D eigenvalue weighted by atomic mass is 9.79. The maximum absolute atomic E-state index is 12.9. The van der Waals surface area contributed by atoms with Crippen molar-refractivity contribution in [3.63, 3.8) is 0 Å². The van der Waals surface area contributed by atoms with Crippen molar-refractivity contribution in [2.24, 2.45) is 5.92 Å². The van der Waals surface area contributed by atoms with Crippen molar-refractivity contribution in [2.75, 3.05) is 26.7 Å². The fraction of sp³-hybridized carbons (Fsp3) is 0.500. The minimum absolute atomic E-state index is 0. The highest BCUT2D eigenvalue weighted by atomic mass is 16.2. The first-order valence-electron chi connectivity index (χ1n) is 9.94. The highest BCUT2D eigenvalue weighted by Crippen LogP contribution is 2.40. The second-order valence-corrected chi connectivity index (χ2v) is 6.94. The van der Waals surface area contributed by atoms with Crippen LogP contribution in [0.15, 0.2) is 30.5 Å². The molecule has 142 valence electrons. The third kappa shape index (κ3) is 2.96. The molecule has 4 heteroatoms. The first-order chi connectivity index (χ1) is 12.6. The summed E-state index contributed by atoms with van der Waals surface area (Å²) in [6.45, 7) is 10.5. The number of hydrogen-bond acceptors (Lipinski definition) is 2. The molecule has 0 bridgehead atoms. The summed E-state index contributed by atoms with van der Waals surface area (Å²) < 4.78 is 0. The van der Waals surface area contributed by atoms with Gasteiger partial charge in [-0.3, -0.25) is 9.69 Å². The maximum Gasteiger partial charge on any atom is 0.230 e. The molecular weight excluding hydrogens is 322 g/mol. The van der Waals surface area contributed by atoms with Crippen molar-refractivity contribution < 1.29 is 6.22 Å². The van der Waals surface area contributed by atoms with Crippen LogP contribution in [0.2, 0.25) is 0 Å². The highest BCUT2D eigenvalue weighted by molar-refractivity contribution is 5.99. The van der Waals surface area contributed by atoms with Crippen LogP contribution in [0.3, 0.4) is 0 Å². The van der Waals surface area contributed by atoms with Gasteiger partial charge in [0.1, 0.15) is 0 Å². The SMILES string of the molecule is CC.CCN(CC)C(=O)[C@@H]1C=C2c3cccc4[nH]cc(c34)C[C@@H]2N(C)C1.[HH]. The molecule has 2 heterocycles. The number of carbonyl (C=O) groups excluding carboxylic acids is 1. The molecule has 2 atom stereocenters. The van der Waals surface area contributed by atoms with Gasteiger partial charge in [-0.1, -0.05) is 32.1 Å². The van der Waals surface area contributed by atoms with Crippen LogP contribution in [-0.2, 0) is 11.2 Å². The average molecular weight is 356 g/mol. The Hall–Kier alpha value is -2.07. The second kappa shape index (κ2) is 7.67. The number of rotatable bonds is 3. The van der Waals surface area contributed by atoms with Gasteiger partial charge in [0.25, 0.3) is 0 Å². The summed E-state index contributed by atoms with van der Waals surface area (Å²) in [5.41, 5.74) is 5.21. The third-order valence-electron chi connectivity index (χ3n) is 5.66. The van der Waals surface area contributed by atoms with E-state index in [1.807, 2.05) is 18.7 Å². The molecule has 0 saturated heterocycles. The van der Waals surface area contributed by atoms with E-state index < -0.39 is 0 Å². The molecule has 26 heavy (non-hydrogen) atoms. The number of benzene rings is 1. The first kappa shape index (κ1) is 18.7. The monoisotopic (exact) mass is 355 g/mol. The van der Waals surface area contributed by atoms with Gasteiger partial charge >= 0.3 is 0 Å². The van der Waals surface area contributed by atoms with Crippen molar-refractivity contribution in [1.82, 2.24) is 14.8 Å². The predicted octanol–water partition coefficient (Wildman–Crippen LogP) is 4.18. The summed E-state index contributed by atoms with van der Waals surface area (Å²) >= 11 is 0. The van der Waals surface area contributed by atoms with Crippen LogP contribution in [0.25, 0.3) is 16.5 Å². The van der Waals surface area contributed by atoms with Crippen molar-refractivity contribution in [2.45, 2.75) is 40.2 Å². The molecule has 0 fully saturated rings. The van der Waals surface area contributed by atoms with E-state index in [-0.39, 0.29) is 13.3 Å². The molecule has 0 unspecified atom stereocenters. The van der Waals surface area contributed by atoms with E-state index in [9.17, 15) is 4.79 Å². The Kier molecular flexibility index (Phi) is 5.52. The first-order valence-corrected chi connectivity index (χ1v) is 9.94. The Balaban J connectivity index is 0.000000844. The molecule has 0 saturated carbocycles. The number of amides is 1. The van der Waals surface area contributed by atoms with Crippen LogP contribution in [0.5, 0.6) is 0 Å². The van der Waals surface area contributed by atoms with Crippen LogP contribution in [-0.4, -0.2) is 53.4 Å². The van der Waals surface area contributed by atoms with E-state index in [0.717, 1.165) is 26.1 Å². The van der Waals surface area contributed by atoms with E-state index >= 15 is 0 Å². The Morgan fingerprint density at radius 3 is 2.73 bits per heavy atom. The van der Waals surface area contributed by atoms with Crippen LogP contribution in [0, 0.1) is 5.92 Å². The Labute approximate surface area is 158 Å². The number of nitrogens with zero attached hydrogens (tertiary/aromatic N) is 2. The Morgan fingerprint density at radius 2 is 2.04 bits per heavy atom. The highest BCUT2D eigenvalue weighted by Gasteiger charge is 2.36. The van der Waals surface area contributed by atoms with Gasteiger partial charge in [-0.05, 0) is 50.1 Å². The normalized spacial score (nSPS) is 21.5. The minimum atomic E-state index is -0.0445. The Bertz CT molecular complexity index is 822. The molecular formula is C22H33N3O. The summed E-state index contributed by atoms with van der Waals surface area (Å²) in [6, 6.07) is 6.82. The molecule has 4 nitrogen and oxygen atoms in total. The third-order valence-corrected chi connectivity index (χ3v) is 5.66. The van der Waals surface area contributed by atoms with E-state index in [0.29, 0.717) is 6.04 Å². The number of H-pyrrole nitrogens is 1. The quantitative estimate of drug-likeness (QED) is 0.897. The summed E-state index contributed by atoms with van der Waals surface area (Å²) in [5.74, 6) is 0.210. The standard InChI is InChI=1S/C20H25N3O.C2H6.H2/c1-4-23(5-2)20(24)14-9-16-15-7-6-8-17-19(15)13(11-21-17)10-18(16)22(3)12-14;1-2;/h6-9,11,14,18,21H,4-5,10,12H2,1-3H3;1-2H3;1H/t14-,18+;;/m1../s1. The lowest BCUT2D eigenvalue weighted by Crippen LogP contribution is -2.47. The lowest BCUT2D eigenvalue weighted by Gasteiger charge is -2.40. The van der Waals surface area contributed by atoms with E-state index in [1.165, 1.54) is 27.6 Å². The van der Waals surface area contributed by atoms with Gasteiger partial charge in [0.05, 0.1) is 5.92 Å². The molecule has 4 rings (SSSR count). The molecule has 0 radical (unpaired) electrons. The predicted molar refractivity (Wildman–Crippen MR) is 111 cm³/mol. The van der Waals surface area contributed by atoms with Gasteiger partial charge < -0.3 is 9.88 Å². The van der Waals surface area contributed by atoms with Crippen molar-refractivity contribution in [3.05, 3.63) is 41.6 Å². The summed E-state index contributed by atoms with van der Waals surface area (Å²) in [7, 11) is 2.15. The van der Waals surface area contributed by atoms with Crippen molar-refractivity contribution >= 4 is 22.4 Å². The Morgan fingerprint density at radius 1 is 1.31 bits per heavy atom. The van der Waals surface area contributed by atoms with Gasteiger partial charge in [0, 0.05) is 44.2 Å². The van der Waals surface area contributed by atoms with Crippen LogP contribution >= 0.6 is 0 Å². The smallest absolute Gasteiger partial charge is 0.230 e. The van der Waals surface area contributed by atoms with E-state index in [4.69, 9.17) is 0 Å². The maximum atomic E-state index is 12.9.